The highest BCUT2D eigenvalue weighted by atomic mass is 16.3. The van der Waals surface area contributed by atoms with Gasteiger partial charge in [-0.05, 0) is 36.6 Å². The van der Waals surface area contributed by atoms with E-state index in [1.165, 1.54) is 6.26 Å². The van der Waals surface area contributed by atoms with E-state index in [-0.39, 0.29) is 11.0 Å². The first-order chi connectivity index (χ1) is 12.1. The molecular formula is C21H21NO3. The molecule has 0 atom stereocenters. The smallest absolute Gasteiger partial charge is 0.258 e. The third-order valence-electron chi connectivity index (χ3n) is 4.19. The van der Waals surface area contributed by atoms with E-state index >= 15 is 0 Å². The molecule has 2 aromatic carbocycles. The average molecular weight is 335 g/mol. The van der Waals surface area contributed by atoms with Crippen molar-refractivity contribution in [3.05, 3.63) is 81.2 Å². The van der Waals surface area contributed by atoms with Gasteiger partial charge in [-0.1, -0.05) is 49.2 Å². The fraction of sp³-hybridized carbons (Fsp3) is 0.238. The number of fused-ring (bicyclic) bond motifs is 1. The van der Waals surface area contributed by atoms with E-state index in [0.29, 0.717) is 17.5 Å². The minimum Gasteiger partial charge on any atom is -0.463 e. The predicted octanol–water partition coefficient (Wildman–Crippen LogP) is 3.98. The van der Waals surface area contributed by atoms with Gasteiger partial charge in [-0.15, -0.1) is 0 Å². The van der Waals surface area contributed by atoms with Gasteiger partial charge in [-0.3, -0.25) is 9.59 Å². The molecule has 4 heteroatoms. The topological polar surface area (TPSA) is 59.3 Å². The largest absolute Gasteiger partial charge is 0.463 e. The van der Waals surface area contributed by atoms with Gasteiger partial charge in [0.2, 0.25) is 5.43 Å². The molecule has 0 aliphatic carbocycles. The molecule has 25 heavy (non-hydrogen) atoms. The number of hydrogen-bond donors (Lipinski definition) is 1. The molecule has 4 nitrogen and oxygen atoms in total. The number of carbonyl (C=O) groups excluding carboxylic acids is 1. The van der Waals surface area contributed by atoms with Crippen LogP contribution in [0.3, 0.4) is 0 Å². The number of rotatable bonds is 5. The highest BCUT2D eigenvalue weighted by molar-refractivity contribution is 5.96. The summed E-state index contributed by atoms with van der Waals surface area (Å²) in [5.41, 5.74) is 3.45. The molecule has 0 saturated heterocycles. The van der Waals surface area contributed by atoms with E-state index in [1.807, 2.05) is 43.3 Å². The van der Waals surface area contributed by atoms with Gasteiger partial charge in [0.25, 0.3) is 5.91 Å². The summed E-state index contributed by atoms with van der Waals surface area (Å²) < 4.78 is 5.48. The zero-order valence-corrected chi connectivity index (χ0v) is 14.5. The molecule has 1 aromatic heterocycles. The molecule has 0 fully saturated rings. The van der Waals surface area contributed by atoms with Crippen molar-refractivity contribution in [1.29, 1.82) is 0 Å². The number of benzene rings is 2. The van der Waals surface area contributed by atoms with Crippen LogP contribution >= 0.6 is 0 Å². The molecule has 3 aromatic rings. The van der Waals surface area contributed by atoms with E-state index < -0.39 is 5.91 Å². The second kappa shape index (κ2) is 7.34. The highest BCUT2D eigenvalue weighted by Crippen LogP contribution is 2.15. The summed E-state index contributed by atoms with van der Waals surface area (Å²) in [6.07, 6.45) is 3.13. The predicted molar refractivity (Wildman–Crippen MR) is 98.8 cm³/mol. The summed E-state index contributed by atoms with van der Waals surface area (Å²) in [6.45, 7) is 4.46. The minimum absolute atomic E-state index is 0.0354. The average Bonchev–Trinajstić information content (AvgIpc) is 2.62. The standard InChI is InChI=1S/C21H21NO3/c1-3-4-15-9-10-19-17(11-15)20(23)18(13-25-19)21(24)22-12-16-7-5-14(2)6-8-16/h5-11,13H,3-4,12H2,1-2H3,(H,22,24). The van der Waals surface area contributed by atoms with Crippen LogP contribution < -0.4 is 10.7 Å². The SMILES string of the molecule is CCCc1ccc2occ(C(=O)NCc3ccc(C)cc3)c(=O)c2c1. The Morgan fingerprint density at radius 3 is 2.52 bits per heavy atom. The maximum atomic E-state index is 12.7. The van der Waals surface area contributed by atoms with E-state index in [2.05, 4.69) is 12.2 Å². The van der Waals surface area contributed by atoms with E-state index in [9.17, 15) is 9.59 Å². The molecule has 1 heterocycles. The van der Waals surface area contributed by atoms with Gasteiger partial charge in [-0.25, -0.2) is 0 Å². The van der Waals surface area contributed by atoms with Gasteiger partial charge in [0, 0.05) is 6.54 Å². The van der Waals surface area contributed by atoms with Gasteiger partial charge in [0.05, 0.1) is 5.39 Å². The highest BCUT2D eigenvalue weighted by Gasteiger charge is 2.14. The molecule has 1 amide bonds. The van der Waals surface area contributed by atoms with Crippen LogP contribution in [-0.2, 0) is 13.0 Å². The molecule has 0 saturated carbocycles. The number of aryl methyl sites for hydroxylation is 2. The van der Waals surface area contributed by atoms with Crippen LogP contribution in [0.4, 0.5) is 0 Å². The molecule has 128 valence electrons. The lowest BCUT2D eigenvalue weighted by Crippen LogP contribution is -2.28. The van der Waals surface area contributed by atoms with Crippen molar-refractivity contribution < 1.29 is 9.21 Å². The molecule has 0 spiro atoms. The van der Waals surface area contributed by atoms with E-state index in [0.717, 1.165) is 29.5 Å². The monoisotopic (exact) mass is 335 g/mol. The molecule has 3 rings (SSSR count). The summed E-state index contributed by atoms with van der Waals surface area (Å²) in [4.78, 5) is 25.1. The van der Waals surface area contributed by atoms with Crippen molar-refractivity contribution in [1.82, 2.24) is 5.32 Å². The van der Waals surface area contributed by atoms with Gasteiger partial charge in [-0.2, -0.15) is 0 Å². The molecule has 0 aliphatic rings. The Bertz CT molecular complexity index is 955. The molecule has 0 radical (unpaired) electrons. The summed E-state index contributed by atoms with van der Waals surface area (Å²) in [6, 6.07) is 13.4. The fourth-order valence-electron chi connectivity index (χ4n) is 2.76. The van der Waals surface area contributed by atoms with Crippen LogP contribution in [0.5, 0.6) is 0 Å². The quantitative estimate of drug-likeness (QED) is 0.767. The van der Waals surface area contributed by atoms with Gasteiger partial charge in [0.15, 0.2) is 0 Å². The number of nitrogens with one attached hydrogen (secondary N) is 1. The maximum Gasteiger partial charge on any atom is 0.258 e. The second-order valence-electron chi connectivity index (χ2n) is 6.23. The first-order valence-electron chi connectivity index (χ1n) is 8.46. The Hall–Kier alpha value is -2.88. The maximum absolute atomic E-state index is 12.7. The van der Waals surface area contributed by atoms with Crippen molar-refractivity contribution >= 4 is 16.9 Å². The van der Waals surface area contributed by atoms with Crippen LogP contribution in [-0.4, -0.2) is 5.91 Å². The first-order valence-corrected chi connectivity index (χ1v) is 8.46. The molecule has 1 N–H and O–H groups in total. The lowest BCUT2D eigenvalue weighted by Gasteiger charge is -2.07. The Balaban J connectivity index is 1.84. The van der Waals surface area contributed by atoms with E-state index in [4.69, 9.17) is 4.42 Å². The minimum atomic E-state index is -0.419. The number of hydrogen-bond acceptors (Lipinski definition) is 3. The third-order valence-corrected chi connectivity index (χ3v) is 4.19. The zero-order valence-electron chi connectivity index (χ0n) is 14.5. The normalized spacial score (nSPS) is 10.8. The Kier molecular flexibility index (Phi) is 4.98. The Morgan fingerprint density at radius 1 is 1.08 bits per heavy atom. The van der Waals surface area contributed by atoms with E-state index in [1.54, 1.807) is 6.07 Å². The number of carbonyl (C=O) groups is 1. The lowest BCUT2D eigenvalue weighted by molar-refractivity contribution is 0.0948. The van der Waals surface area contributed by atoms with Crippen LogP contribution in [0.25, 0.3) is 11.0 Å². The summed E-state index contributed by atoms with van der Waals surface area (Å²) in [7, 11) is 0. The van der Waals surface area contributed by atoms with Crippen molar-refractivity contribution in [2.75, 3.05) is 0 Å². The zero-order chi connectivity index (χ0) is 17.8. The Labute approximate surface area is 146 Å². The first kappa shape index (κ1) is 17.0. The fourth-order valence-corrected chi connectivity index (χ4v) is 2.76. The molecule has 0 aliphatic heterocycles. The molecule has 0 unspecified atom stereocenters. The Morgan fingerprint density at radius 2 is 1.80 bits per heavy atom. The van der Waals surface area contributed by atoms with Crippen LogP contribution in [0, 0.1) is 6.92 Å². The molecular weight excluding hydrogens is 314 g/mol. The summed E-state index contributed by atoms with van der Waals surface area (Å²) >= 11 is 0. The van der Waals surface area contributed by atoms with Crippen molar-refractivity contribution in [2.45, 2.75) is 33.2 Å². The van der Waals surface area contributed by atoms with Crippen LogP contribution in [0.1, 0.15) is 40.4 Å². The van der Waals surface area contributed by atoms with Gasteiger partial charge >= 0.3 is 0 Å². The number of amides is 1. The van der Waals surface area contributed by atoms with Gasteiger partial charge in [0.1, 0.15) is 17.4 Å². The van der Waals surface area contributed by atoms with Crippen LogP contribution in [0.15, 0.2) is 57.9 Å². The van der Waals surface area contributed by atoms with Gasteiger partial charge < -0.3 is 9.73 Å². The lowest BCUT2D eigenvalue weighted by atomic mass is 10.1. The molecule has 0 bridgehead atoms. The van der Waals surface area contributed by atoms with Crippen molar-refractivity contribution in [3.63, 3.8) is 0 Å². The second-order valence-corrected chi connectivity index (χ2v) is 6.23. The van der Waals surface area contributed by atoms with Crippen molar-refractivity contribution in [2.24, 2.45) is 0 Å². The summed E-state index contributed by atoms with van der Waals surface area (Å²) in [5.74, 6) is -0.419. The van der Waals surface area contributed by atoms with Crippen molar-refractivity contribution in [3.8, 4) is 0 Å². The summed E-state index contributed by atoms with van der Waals surface area (Å²) in [5, 5.41) is 3.23. The van der Waals surface area contributed by atoms with Crippen LogP contribution in [0.2, 0.25) is 0 Å². The third kappa shape index (κ3) is 3.79.